The van der Waals surface area contributed by atoms with Crippen molar-refractivity contribution < 1.29 is 4.74 Å². The average molecular weight is 547 g/mol. The molecule has 3 aromatic rings. The van der Waals surface area contributed by atoms with Gasteiger partial charge in [-0.05, 0) is 42.8 Å². The number of aliphatic imine (C=N–C) groups is 1. The van der Waals surface area contributed by atoms with Gasteiger partial charge in [0.05, 0.1) is 13.7 Å². The third kappa shape index (κ3) is 5.90. The van der Waals surface area contributed by atoms with Crippen molar-refractivity contribution in [2.45, 2.75) is 13.5 Å². The number of benzene rings is 2. The number of hydrogen-bond donors (Lipinski definition) is 2. The van der Waals surface area contributed by atoms with E-state index in [9.17, 15) is 0 Å². The Kier molecular flexibility index (Phi) is 8.72. The number of ether oxygens (including phenoxy) is 1. The number of hydrogen-bond acceptors (Lipinski definition) is 5. The van der Waals surface area contributed by atoms with Crippen molar-refractivity contribution >= 4 is 35.6 Å². The zero-order valence-electron chi connectivity index (χ0n) is 18.5. The number of H-pyrrole nitrogens is 1. The van der Waals surface area contributed by atoms with E-state index in [1.165, 1.54) is 12.0 Å². The van der Waals surface area contributed by atoms with Gasteiger partial charge in [-0.15, -0.1) is 24.0 Å². The number of methoxy groups -OCH3 is 1. The summed E-state index contributed by atoms with van der Waals surface area (Å²) in [5.74, 6) is 2.62. The minimum Gasteiger partial charge on any atom is -0.497 e. The Hall–Kier alpha value is -2.82. The molecule has 1 aromatic heterocycles. The first-order chi connectivity index (χ1) is 15.3. The summed E-state index contributed by atoms with van der Waals surface area (Å²) in [5.41, 5.74) is 3.39. The maximum atomic E-state index is 5.26. The van der Waals surface area contributed by atoms with Crippen LogP contribution in [0.25, 0.3) is 11.4 Å². The topological polar surface area (TPSA) is 81.7 Å². The summed E-state index contributed by atoms with van der Waals surface area (Å²) in [4.78, 5) is 13.9. The summed E-state index contributed by atoms with van der Waals surface area (Å²) >= 11 is 0. The van der Waals surface area contributed by atoms with Gasteiger partial charge in [-0.25, -0.2) is 9.98 Å². The van der Waals surface area contributed by atoms with Gasteiger partial charge in [0.25, 0.3) is 0 Å². The van der Waals surface area contributed by atoms with Crippen LogP contribution in [0.5, 0.6) is 5.75 Å². The number of halogens is 1. The monoisotopic (exact) mass is 547 g/mol. The zero-order valence-corrected chi connectivity index (χ0v) is 20.8. The number of nitrogens with one attached hydrogen (secondary N) is 2. The molecule has 0 bridgehead atoms. The third-order valence-corrected chi connectivity index (χ3v) is 5.38. The fourth-order valence-electron chi connectivity index (χ4n) is 3.72. The Morgan fingerprint density at radius 2 is 1.91 bits per heavy atom. The Morgan fingerprint density at radius 1 is 1.12 bits per heavy atom. The van der Waals surface area contributed by atoms with E-state index in [2.05, 4.69) is 61.5 Å². The van der Waals surface area contributed by atoms with Crippen molar-refractivity contribution in [1.82, 2.24) is 25.4 Å². The van der Waals surface area contributed by atoms with Crippen molar-refractivity contribution in [2.75, 3.05) is 44.7 Å². The first kappa shape index (κ1) is 23.8. The molecule has 8 nitrogen and oxygen atoms in total. The molecule has 0 radical (unpaired) electrons. The van der Waals surface area contributed by atoms with Crippen LogP contribution in [0, 0.1) is 0 Å². The summed E-state index contributed by atoms with van der Waals surface area (Å²) < 4.78 is 5.26. The van der Waals surface area contributed by atoms with Gasteiger partial charge in [-0.3, -0.25) is 5.10 Å². The van der Waals surface area contributed by atoms with E-state index >= 15 is 0 Å². The Morgan fingerprint density at radius 3 is 2.56 bits per heavy atom. The smallest absolute Gasteiger partial charge is 0.194 e. The van der Waals surface area contributed by atoms with Crippen LogP contribution >= 0.6 is 24.0 Å². The minimum atomic E-state index is 0. The van der Waals surface area contributed by atoms with Crippen LogP contribution in [0.2, 0.25) is 0 Å². The molecule has 1 aliphatic heterocycles. The number of piperazine rings is 1. The Bertz CT molecular complexity index is 984. The van der Waals surface area contributed by atoms with Gasteiger partial charge in [0, 0.05) is 44.0 Å². The molecule has 1 aliphatic rings. The predicted molar refractivity (Wildman–Crippen MR) is 139 cm³/mol. The lowest BCUT2D eigenvalue weighted by Crippen LogP contribution is -2.52. The highest BCUT2D eigenvalue weighted by Crippen LogP contribution is 2.21. The van der Waals surface area contributed by atoms with Gasteiger partial charge < -0.3 is 19.9 Å². The first-order valence-electron chi connectivity index (χ1n) is 10.6. The molecule has 1 fully saturated rings. The summed E-state index contributed by atoms with van der Waals surface area (Å²) in [6.45, 7) is 7.33. The molecular weight excluding hydrogens is 517 g/mol. The summed E-state index contributed by atoms with van der Waals surface area (Å²) in [6.07, 6.45) is 1.52. The summed E-state index contributed by atoms with van der Waals surface area (Å²) in [6, 6.07) is 16.5. The lowest BCUT2D eigenvalue weighted by molar-refractivity contribution is 0.372. The van der Waals surface area contributed by atoms with Gasteiger partial charge in [0.2, 0.25) is 0 Å². The third-order valence-electron chi connectivity index (χ3n) is 5.38. The van der Waals surface area contributed by atoms with Gasteiger partial charge in [0.1, 0.15) is 12.1 Å². The van der Waals surface area contributed by atoms with Crippen LogP contribution in [-0.4, -0.2) is 65.9 Å². The van der Waals surface area contributed by atoms with E-state index in [-0.39, 0.29) is 24.0 Å². The number of aromatic amines is 1. The summed E-state index contributed by atoms with van der Waals surface area (Å²) in [7, 11) is 1.69. The van der Waals surface area contributed by atoms with Crippen molar-refractivity contribution in [3.63, 3.8) is 0 Å². The maximum absolute atomic E-state index is 5.26. The molecule has 9 heteroatoms. The molecule has 0 aliphatic carbocycles. The Labute approximate surface area is 206 Å². The molecule has 0 unspecified atom stereocenters. The molecule has 0 amide bonds. The van der Waals surface area contributed by atoms with E-state index in [1.807, 2.05) is 24.3 Å². The Balaban J connectivity index is 0.00000289. The summed E-state index contributed by atoms with van der Waals surface area (Å²) in [5, 5.41) is 10.3. The van der Waals surface area contributed by atoms with Crippen molar-refractivity contribution in [1.29, 1.82) is 0 Å². The highest BCUT2D eigenvalue weighted by Gasteiger charge is 2.20. The molecule has 2 aromatic carbocycles. The van der Waals surface area contributed by atoms with Gasteiger partial charge in [-0.2, -0.15) is 5.10 Å². The largest absolute Gasteiger partial charge is 0.497 e. The van der Waals surface area contributed by atoms with Crippen LogP contribution < -0.4 is 15.0 Å². The molecule has 2 N–H and O–H groups in total. The van der Waals surface area contributed by atoms with Gasteiger partial charge >= 0.3 is 0 Å². The SMILES string of the molecule is CCNC(=NCc1cccc(-c2ncn[nH]2)c1)N1CCN(c2ccc(OC)cc2)CC1.I. The molecule has 0 saturated carbocycles. The van der Waals surface area contributed by atoms with Gasteiger partial charge in [-0.1, -0.05) is 18.2 Å². The van der Waals surface area contributed by atoms with Crippen LogP contribution in [0.4, 0.5) is 5.69 Å². The van der Waals surface area contributed by atoms with Crippen LogP contribution in [-0.2, 0) is 6.54 Å². The van der Waals surface area contributed by atoms with E-state index in [1.54, 1.807) is 7.11 Å². The lowest BCUT2D eigenvalue weighted by Gasteiger charge is -2.37. The molecule has 1 saturated heterocycles. The second-order valence-electron chi connectivity index (χ2n) is 7.38. The second kappa shape index (κ2) is 11.7. The van der Waals surface area contributed by atoms with E-state index in [0.717, 1.165) is 61.4 Å². The highest BCUT2D eigenvalue weighted by molar-refractivity contribution is 14.0. The average Bonchev–Trinajstić information content (AvgIpc) is 3.37. The molecular formula is C23H30IN7O. The number of guanidine groups is 1. The molecule has 4 rings (SSSR count). The normalized spacial score (nSPS) is 14.1. The van der Waals surface area contributed by atoms with Crippen LogP contribution in [0.1, 0.15) is 12.5 Å². The van der Waals surface area contributed by atoms with Crippen molar-refractivity contribution in [2.24, 2.45) is 4.99 Å². The molecule has 170 valence electrons. The maximum Gasteiger partial charge on any atom is 0.194 e. The lowest BCUT2D eigenvalue weighted by atomic mass is 10.1. The van der Waals surface area contributed by atoms with Crippen LogP contribution in [0.15, 0.2) is 59.9 Å². The second-order valence-corrected chi connectivity index (χ2v) is 7.38. The molecule has 0 spiro atoms. The number of aromatic nitrogens is 3. The van der Waals surface area contributed by atoms with E-state index in [0.29, 0.717) is 6.54 Å². The predicted octanol–water partition coefficient (Wildman–Crippen LogP) is 3.39. The fraction of sp³-hybridized carbons (Fsp3) is 0.348. The van der Waals surface area contributed by atoms with E-state index in [4.69, 9.17) is 9.73 Å². The van der Waals surface area contributed by atoms with E-state index < -0.39 is 0 Å². The van der Waals surface area contributed by atoms with Crippen LogP contribution in [0.3, 0.4) is 0 Å². The number of anilines is 1. The quantitative estimate of drug-likeness (QED) is 0.280. The molecule has 2 heterocycles. The minimum absolute atomic E-state index is 0. The zero-order chi connectivity index (χ0) is 21.5. The molecule has 32 heavy (non-hydrogen) atoms. The number of nitrogens with zero attached hydrogens (tertiary/aromatic N) is 5. The number of rotatable bonds is 6. The van der Waals surface area contributed by atoms with Gasteiger partial charge in [0.15, 0.2) is 11.8 Å². The van der Waals surface area contributed by atoms with Crippen molar-refractivity contribution in [3.05, 3.63) is 60.4 Å². The molecule has 0 atom stereocenters. The first-order valence-corrected chi connectivity index (χ1v) is 10.6. The standard InChI is InChI=1S/C23H29N7O.HI/c1-3-24-23(25-16-18-5-4-6-19(15-18)22-26-17-27-28-22)30-13-11-29(12-14-30)20-7-9-21(31-2)10-8-20;/h4-10,15,17H,3,11-14,16H2,1-2H3,(H,24,25)(H,26,27,28);1H. The fourth-order valence-corrected chi connectivity index (χ4v) is 3.72. The highest BCUT2D eigenvalue weighted by atomic mass is 127. The van der Waals surface area contributed by atoms with Crippen molar-refractivity contribution in [3.8, 4) is 17.1 Å².